The van der Waals surface area contributed by atoms with Crippen LogP contribution in [0.4, 0.5) is 5.95 Å². The summed E-state index contributed by atoms with van der Waals surface area (Å²) in [5.74, 6) is 1.59. The Morgan fingerprint density at radius 3 is 2.55 bits per heavy atom. The lowest BCUT2D eigenvalue weighted by atomic mass is 10.0. The minimum absolute atomic E-state index is 0.433. The van der Waals surface area contributed by atoms with Crippen molar-refractivity contribution >= 4 is 5.95 Å². The van der Waals surface area contributed by atoms with Crippen LogP contribution in [0.2, 0.25) is 0 Å². The van der Waals surface area contributed by atoms with E-state index in [4.69, 9.17) is 0 Å². The standard InChI is InChI=1S/C17H19N3/c1-11-9-18-17(19-10-11)20-16-7-14-5-4-13(12-2-3-12)6-15(14)8-16/h4-6,9-10,12,16H,2-3,7-8H2,1H3,(H,18,19,20). The predicted molar refractivity (Wildman–Crippen MR) is 80.0 cm³/mol. The largest absolute Gasteiger partial charge is 0.351 e. The molecule has 1 saturated carbocycles. The van der Waals surface area contributed by atoms with Crippen LogP contribution in [0.15, 0.2) is 30.6 Å². The van der Waals surface area contributed by atoms with Gasteiger partial charge in [-0.05, 0) is 60.8 Å². The van der Waals surface area contributed by atoms with Crippen molar-refractivity contribution < 1.29 is 0 Å². The van der Waals surface area contributed by atoms with Crippen molar-refractivity contribution in [2.75, 3.05) is 5.32 Å². The van der Waals surface area contributed by atoms with E-state index in [2.05, 4.69) is 33.5 Å². The molecule has 102 valence electrons. The van der Waals surface area contributed by atoms with E-state index < -0.39 is 0 Å². The Morgan fingerprint density at radius 1 is 1.05 bits per heavy atom. The number of fused-ring (bicyclic) bond motifs is 1. The van der Waals surface area contributed by atoms with Crippen molar-refractivity contribution in [2.45, 2.75) is 44.6 Å². The molecule has 1 atom stereocenters. The first-order valence-electron chi connectivity index (χ1n) is 7.45. The summed E-state index contributed by atoms with van der Waals surface area (Å²) in [5.41, 5.74) is 5.63. The number of rotatable bonds is 3. The van der Waals surface area contributed by atoms with Gasteiger partial charge in [-0.3, -0.25) is 0 Å². The summed E-state index contributed by atoms with van der Waals surface area (Å²) >= 11 is 0. The van der Waals surface area contributed by atoms with Crippen molar-refractivity contribution in [3.63, 3.8) is 0 Å². The highest BCUT2D eigenvalue weighted by atomic mass is 15.1. The molecule has 1 heterocycles. The first-order valence-corrected chi connectivity index (χ1v) is 7.45. The van der Waals surface area contributed by atoms with E-state index in [9.17, 15) is 0 Å². The lowest BCUT2D eigenvalue weighted by Crippen LogP contribution is -2.20. The third kappa shape index (κ3) is 2.28. The van der Waals surface area contributed by atoms with Crippen LogP contribution in [-0.2, 0) is 12.8 Å². The number of nitrogens with zero attached hydrogens (tertiary/aromatic N) is 2. The molecule has 2 aliphatic rings. The zero-order chi connectivity index (χ0) is 13.5. The van der Waals surface area contributed by atoms with Gasteiger partial charge in [0.05, 0.1) is 0 Å². The molecule has 1 aromatic carbocycles. The molecular weight excluding hydrogens is 246 g/mol. The normalized spacial score (nSPS) is 20.8. The summed E-state index contributed by atoms with van der Waals surface area (Å²) in [6.45, 7) is 2.01. The third-order valence-corrected chi connectivity index (χ3v) is 4.33. The van der Waals surface area contributed by atoms with Crippen LogP contribution in [0.3, 0.4) is 0 Å². The smallest absolute Gasteiger partial charge is 0.222 e. The number of nitrogens with one attached hydrogen (secondary N) is 1. The lowest BCUT2D eigenvalue weighted by molar-refractivity contribution is 0.761. The van der Waals surface area contributed by atoms with Gasteiger partial charge in [0.2, 0.25) is 5.95 Å². The zero-order valence-electron chi connectivity index (χ0n) is 11.8. The van der Waals surface area contributed by atoms with E-state index in [1.165, 1.54) is 29.5 Å². The maximum Gasteiger partial charge on any atom is 0.222 e. The minimum atomic E-state index is 0.433. The minimum Gasteiger partial charge on any atom is -0.351 e. The summed E-state index contributed by atoms with van der Waals surface area (Å²) < 4.78 is 0. The van der Waals surface area contributed by atoms with E-state index >= 15 is 0 Å². The van der Waals surface area contributed by atoms with E-state index in [-0.39, 0.29) is 0 Å². The van der Waals surface area contributed by atoms with Crippen LogP contribution in [0.25, 0.3) is 0 Å². The maximum absolute atomic E-state index is 4.34. The van der Waals surface area contributed by atoms with Gasteiger partial charge in [-0.15, -0.1) is 0 Å². The third-order valence-electron chi connectivity index (χ3n) is 4.33. The highest BCUT2D eigenvalue weighted by Crippen LogP contribution is 2.41. The van der Waals surface area contributed by atoms with E-state index in [0.29, 0.717) is 6.04 Å². The summed E-state index contributed by atoms with van der Waals surface area (Å²) in [7, 11) is 0. The molecule has 1 N–H and O–H groups in total. The molecule has 0 aliphatic heterocycles. The Labute approximate surface area is 119 Å². The van der Waals surface area contributed by atoms with Crippen LogP contribution in [0.1, 0.15) is 41.0 Å². The van der Waals surface area contributed by atoms with E-state index in [1.807, 2.05) is 19.3 Å². The Balaban J connectivity index is 1.48. The zero-order valence-corrected chi connectivity index (χ0v) is 11.8. The highest BCUT2D eigenvalue weighted by molar-refractivity contribution is 5.42. The molecule has 1 unspecified atom stereocenters. The molecule has 3 heteroatoms. The number of aromatic nitrogens is 2. The van der Waals surface area contributed by atoms with Crippen molar-refractivity contribution in [3.8, 4) is 0 Å². The molecule has 3 nitrogen and oxygen atoms in total. The molecule has 20 heavy (non-hydrogen) atoms. The number of anilines is 1. The molecule has 0 amide bonds. The molecule has 0 bridgehead atoms. The second kappa shape index (κ2) is 4.58. The second-order valence-electron chi connectivity index (χ2n) is 6.14. The van der Waals surface area contributed by atoms with Crippen LogP contribution < -0.4 is 5.32 Å². The summed E-state index contributed by atoms with van der Waals surface area (Å²) in [6.07, 6.45) is 8.64. The van der Waals surface area contributed by atoms with Gasteiger partial charge in [-0.25, -0.2) is 9.97 Å². The maximum atomic E-state index is 4.34. The fourth-order valence-electron chi connectivity index (χ4n) is 3.06. The molecule has 1 fully saturated rings. The molecule has 4 rings (SSSR count). The molecule has 2 aromatic rings. The van der Waals surface area contributed by atoms with Gasteiger partial charge in [-0.2, -0.15) is 0 Å². The predicted octanol–water partition coefficient (Wildman–Crippen LogP) is 3.24. The lowest BCUT2D eigenvalue weighted by Gasteiger charge is -2.11. The first-order chi connectivity index (χ1) is 9.78. The molecule has 0 spiro atoms. The summed E-state index contributed by atoms with van der Waals surface area (Å²) in [6, 6.07) is 7.49. The van der Waals surface area contributed by atoms with Crippen LogP contribution in [0, 0.1) is 6.92 Å². The molecule has 1 aromatic heterocycles. The number of hydrogen-bond donors (Lipinski definition) is 1. The van der Waals surface area contributed by atoms with Gasteiger partial charge in [0, 0.05) is 18.4 Å². The molecule has 0 radical (unpaired) electrons. The van der Waals surface area contributed by atoms with E-state index in [0.717, 1.165) is 30.3 Å². The first kappa shape index (κ1) is 11.9. The number of hydrogen-bond acceptors (Lipinski definition) is 3. The Hall–Kier alpha value is -1.90. The van der Waals surface area contributed by atoms with Gasteiger partial charge >= 0.3 is 0 Å². The van der Waals surface area contributed by atoms with Crippen molar-refractivity contribution in [1.82, 2.24) is 9.97 Å². The van der Waals surface area contributed by atoms with Crippen molar-refractivity contribution in [2.24, 2.45) is 0 Å². The van der Waals surface area contributed by atoms with Crippen molar-refractivity contribution in [1.29, 1.82) is 0 Å². The van der Waals surface area contributed by atoms with Gasteiger partial charge < -0.3 is 5.32 Å². The fourth-order valence-corrected chi connectivity index (χ4v) is 3.06. The molecule has 2 aliphatic carbocycles. The van der Waals surface area contributed by atoms with Gasteiger partial charge in [0.1, 0.15) is 0 Å². The molecular formula is C17H19N3. The van der Waals surface area contributed by atoms with Crippen molar-refractivity contribution in [3.05, 3.63) is 52.8 Å². The van der Waals surface area contributed by atoms with Gasteiger partial charge in [0.15, 0.2) is 0 Å². The number of benzene rings is 1. The monoisotopic (exact) mass is 265 g/mol. The second-order valence-corrected chi connectivity index (χ2v) is 6.14. The highest BCUT2D eigenvalue weighted by Gasteiger charge is 2.27. The van der Waals surface area contributed by atoms with Crippen LogP contribution in [0.5, 0.6) is 0 Å². The molecule has 0 saturated heterocycles. The Bertz CT molecular complexity index is 629. The number of aryl methyl sites for hydroxylation is 1. The van der Waals surface area contributed by atoms with E-state index in [1.54, 1.807) is 0 Å². The fraction of sp³-hybridized carbons (Fsp3) is 0.412. The van der Waals surface area contributed by atoms with Crippen LogP contribution in [-0.4, -0.2) is 16.0 Å². The topological polar surface area (TPSA) is 37.8 Å². The van der Waals surface area contributed by atoms with Gasteiger partial charge in [0.25, 0.3) is 0 Å². The quantitative estimate of drug-likeness (QED) is 0.925. The Morgan fingerprint density at radius 2 is 1.80 bits per heavy atom. The van der Waals surface area contributed by atoms with Crippen LogP contribution >= 0.6 is 0 Å². The summed E-state index contributed by atoms with van der Waals surface area (Å²) in [5, 5.41) is 3.46. The SMILES string of the molecule is Cc1cnc(NC2Cc3ccc(C4CC4)cc3C2)nc1. The van der Waals surface area contributed by atoms with Gasteiger partial charge in [-0.1, -0.05) is 18.2 Å². The average molecular weight is 265 g/mol. The Kier molecular flexibility index (Phi) is 2.72. The average Bonchev–Trinajstić information content (AvgIpc) is 3.22. The summed E-state index contributed by atoms with van der Waals surface area (Å²) in [4.78, 5) is 8.68.